The van der Waals surface area contributed by atoms with E-state index in [4.69, 9.17) is 6.42 Å². The topological polar surface area (TPSA) is 88.4 Å². The minimum Gasteiger partial charge on any atom is -0.333 e. The Morgan fingerprint density at radius 1 is 1.22 bits per heavy atom. The van der Waals surface area contributed by atoms with Crippen LogP contribution in [0.5, 0.6) is 0 Å². The second-order valence-corrected chi connectivity index (χ2v) is 9.68. The van der Waals surface area contributed by atoms with Crippen LogP contribution in [0.1, 0.15) is 28.4 Å². The molecule has 2 aromatic heterocycles. The van der Waals surface area contributed by atoms with Crippen molar-refractivity contribution >= 4 is 53.4 Å². The number of pyridine rings is 1. The van der Waals surface area contributed by atoms with Gasteiger partial charge in [-0.2, -0.15) is 13.5 Å². The van der Waals surface area contributed by atoms with E-state index in [1.165, 1.54) is 6.07 Å². The molecule has 37 heavy (non-hydrogen) atoms. The summed E-state index contributed by atoms with van der Waals surface area (Å²) in [5, 5.41) is 4.18. The molecule has 1 saturated heterocycles. The van der Waals surface area contributed by atoms with Crippen LogP contribution >= 0.6 is 37.2 Å². The number of aromatic nitrogens is 3. The van der Waals surface area contributed by atoms with Crippen molar-refractivity contribution in [1.29, 1.82) is 0 Å². The minimum atomic E-state index is -4.86. The van der Waals surface area contributed by atoms with Gasteiger partial charge in [-0.1, -0.05) is 5.92 Å². The van der Waals surface area contributed by atoms with Crippen LogP contribution in [-0.2, 0) is 23.8 Å². The first-order valence-electron chi connectivity index (χ1n) is 10.7. The molecule has 1 aliphatic heterocycles. The van der Waals surface area contributed by atoms with Crippen LogP contribution in [0.2, 0.25) is 0 Å². The van der Waals surface area contributed by atoms with Gasteiger partial charge in [0, 0.05) is 62.8 Å². The lowest BCUT2D eigenvalue weighted by Crippen LogP contribution is -2.53. The number of carbonyl (C=O) groups is 1. The smallest absolute Gasteiger partial charge is 0.332 e. The maximum Gasteiger partial charge on any atom is 0.332 e. The zero-order chi connectivity index (χ0) is 24.5. The van der Waals surface area contributed by atoms with E-state index in [9.17, 15) is 17.1 Å². The Bertz CT molecular complexity index is 1390. The van der Waals surface area contributed by atoms with Gasteiger partial charge in [-0.05, 0) is 42.8 Å². The highest BCUT2D eigenvalue weighted by Crippen LogP contribution is 2.25. The highest BCUT2D eigenvalue weighted by molar-refractivity contribution is 7.86. The fourth-order valence-corrected chi connectivity index (χ4v) is 4.78. The zero-order valence-electron chi connectivity index (χ0n) is 20.1. The Morgan fingerprint density at radius 3 is 2.54 bits per heavy atom. The van der Waals surface area contributed by atoms with Crippen molar-refractivity contribution in [3.63, 3.8) is 0 Å². The quantitative estimate of drug-likeness (QED) is 0.332. The third-order valence-electron chi connectivity index (χ3n) is 5.81. The van der Waals surface area contributed by atoms with Crippen LogP contribution < -0.4 is 0 Å². The Kier molecular flexibility index (Phi) is 11.6. The second-order valence-electron chi connectivity index (χ2n) is 8.33. The van der Waals surface area contributed by atoms with Crippen LogP contribution in [0.15, 0.2) is 53.8 Å². The van der Waals surface area contributed by atoms with Crippen molar-refractivity contribution in [2.45, 2.75) is 24.4 Å². The fraction of sp³-hybridized carbons (Fsp3) is 0.292. The molecule has 1 aromatic carbocycles. The Balaban J connectivity index is 0.00000228. The van der Waals surface area contributed by atoms with Gasteiger partial charge in [0.2, 0.25) is 0 Å². The third kappa shape index (κ3) is 7.43. The summed E-state index contributed by atoms with van der Waals surface area (Å²) in [6.45, 7) is 3.95. The van der Waals surface area contributed by atoms with Crippen molar-refractivity contribution in [3.05, 3.63) is 65.6 Å². The van der Waals surface area contributed by atoms with Gasteiger partial charge < -0.3 is 4.90 Å². The first kappa shape index (κ1) is 32.3. The number of benzene rings is 1. The second kappa shape index (κ2) is 13.2. The first-order chi connectivity index (χ1) is 16.2. The summed E-state index contributed by atoms with van der Waals surface area (Å²) < 4.78 is 38.0. The van der Waals surface area contributed by atoms with Crippen LogP contribution in [0.25, 0.3) is 11.3 Å². The lowest BCUT2D eigenvalue weighted by Gasteiger charge is -2.40. The maximum absolute atomic E-state index is 13.6. The van der Waals surface area contributed by atoms with Crippen LogP contribution in [0, 0.1) is 12.3 Å². The number of aryl methyl sites for hydroxylation is 1. The Hall–Kier alpha value is -2.68. The van der Waals surface area contributed by atoms with Gasteiger partial charge >= 0.3 is 10.2 Å². The molecule has 1 amide bonds. The predicted molar refractivity (Wildman–Crippen MR) is 147 cm³/mol. The molecule has 0 bridgehead atoms. The third-order valence-corrected chi connectivity index (χ3v) is 6.61. The van der Waals surface area contributed by atoms with Crippen molar-refractivity contribution in [2.75, 3.05) is 19.6 Å². The van der Waals surface area contributed by atoms with Crippen molar-refractivity contribution in [2.24, 2.45) is 7.05 Å². The van der Waals surface area contributed by atoms with Crippen LogP contribution in [-0.4, -0.2) is 64.6 Å². The van der Waals surface area contributed by atoms with Gasteiger partial charge in [0.15, 0.2) is 0 Å². The Morgan fingerprint density at radius 2 is 1.95 bits per heavy atom. The summed E-state index contributed by atoms with van der Waals surface area (Å²) in [5.41, 5.74) is 2.77. The molecule has 1 fully saturated rings. The number of nitrogens with zero attached hydrogens (tertiary/aromatic N) is 5. The van der Waals surface area contributed by atoms with E-state index in [0.29, 0.717) is 48.6 Å². The van der Waals surface area contributed by atoms with Gasteiger partial charge in [-0.3, -0.25) is 19.4 Å². The number of amides is 1. The number of piperazine rings is 1. The van der Waals surface area contributed by atoms with E-state index in [1.807, 2.05) is 18.0 Å². The molecule has 13 heteroatoms. The average Bonchev–Trinajstić information content (AvgIpc) is 3.24. The molecular formula is C24H27Cl3FN5O3S. The van der Waals surface area contributed by atoms with Gasteiger partial charge in [0.05, 0.1) is 17.5 Å². The van der Waals surface area contributed by atoms with Crippen LogP contribution in [0.3, 0.4) is 0 Å². The van der Waals surface area contributed by atoms with Crippen LogP contribution in [0.4, 0.5) is 3.89 Å². The van der Waals surface area contributed by atoms with Gasteiger partial charge in [0.1, 0.15) is 4.90 Å². The van der Waals surface area contributed by atoms with E-state index in [1.54, 1.807) is 42.3 Å². The average molecular weight is 591 g/mol. The molecule has 0 spiro atoms. The zero-order valence-corrected chi connectivity index (χ0v) is 23.3. The predicted octanol–water partition coefficient (Wildman–Crippen LogP) is 3.73. The molecule has 1 aliphatic rings. The van der Waals surface area contributed by atoms with E-state index < -0.39 is 15.1 Å². The molecule has 0 unspecified atom stereocenters. The summed E-state index contributed by atoms with van der Waals surface area (Å²) in [6.07, 6.45) is 10.6. The summed E-state index contributed by atoms with van der Waals surface area (Å²) in [4.78, 5) is 21.3. The monoisotopic (exact) mass is 589 g/mol. The molecule has 3 heterocycles. The largest absolute Gasteiger partial charge is 0.333 e. The Labute approximate surface area is 234 Å². The molecule has 4 rings (SSSR count). The van der Waals surface area contributed by atoms with Crippen molar-refractivity contribution < 1.29 is 17.1 Å². The van der Waals surface area contributed by atoms with Crippen molar-refractivity contribution in [3.8, 4) is 23.6 Å². The summed E-state index contributed by atoms with van der Waals surface area (Å²) in [5.74, 6) is 2.26. The molecule has 0 N–H and O–H groups in total. The van der Waals surface area contributed by atoms with E-state index in [-0.39, 0.29) is 49.2 Å². The molecule has 8 nitrogen and oxygen atoms in total. The number of rotatable bonds is 5. The number of halogens is 4. The SMILES string of the molecule is C#Cc1cc(CN2CCN(C(=O)c3cccnc3-c3cnn(C)c3)[C@@H](C)C2)cc(S(=O)(=O)F)c1.Cl.Cl.Cl. The van der Waals surface area contributed by atoms with Crippen molar-refractivity contribution in [1.82, 2.24) is 24.6 Å². The minimum absolute atomic E-state index is 0. The first-order valence-corrected chi connectivity index (χ1v) is 12.1. The van der Waals surface area contributed by atoms with Gasteiger partial charge in [0.25, 0.3) is 5.91 Å². The highest BCUT2D eigenvalue weighted by atomic mass is 35.5. The molecule has 200 valence electrons. The van der Waals surface area contributed by atoms with Gasteiger partial charge in [-0.25, -0.2) is 0 Å². The molecule has 0 aliphatic carbocycles. The standard InChI is InChI=1S/C24H24FN5O3S.3ClH/c1-4-18-10-19(12-21(11-18)34(25,32)33)15-29-8-9-30(17(2)14-29)24(31)22-6-5-7-26-23(22)20-13-27-28(3)16-20;;;/h1,5-7,10-13,16-17H,8-9,14-15H2,2-3H3;3*1H/t17-;;;/m0.../s1. The number of hydrogen-bond donors (Lipinski definition) is 0. The summed E-state index contributed by atoms with van der Waals surface area (Å²) in [6, 6.07) is 7.51. The van der Waals surface area contributed by atoms with Gasteiger partial charge in [-0.15, -0.1) is 47.5 Å². The normalized spacial score (nSPS) is 15.5. The van der Waals surface area contributed by atoms with E-state index in [2.05, 4.69) is 20.9 Å². The molecule has 3 aromatic rings. The molecule has 0 saturated carbocycles. The number of hydrogen-bond acceptors (Lipinski definition) is 6. The molecular weight excluding hydrogens is 564 g/mol. The van der Waals surface area contributed by atoms with E-state index in [0.717, 1.165) is 11.6 Å². The fourth-order valence-electron chi connectivity index (χ4n) is 4.22. The lowest BCUT2D eigenvalue weighted by molar-refractivity contribution is 0.0476. The lowest BCUT2D eigenvalue weighted by atomic mass is 10.1. The maximum atomic E-state index is 13.6. The summed E-state index contributed by atoms with van der Waals surface area (Å²) >= 11 is 0. The highest BCUT2D eigenvalue weighted by Gasteiger charge is 2.30. The number of carbonyl (C=O) groups excluding carboxylic acids is 1. The van der Waals surface area contributed by atoms with E-state index >= 15 is 0 Å². The summed E-state index contributed by atoms with van der Waals surface area (Å²) in [7, 11) is -3.06. The molecule has 0 radical (unpaired) electrons. The molecule has 1 atom stereocenters. The number of terminal acetylenes is 1.